The van der Waals surface area contributed by atoms with Gasteiger partial charge in [0.05, 0.1) is 10.5 Å². The largest absolute Gasteiger partial charge is 0.486 e. The van der Waals surface area contributed by atoms with Crippen LogP contribution in [0.15, 0.2) is 36.4 Å². The van der Waals surface area contributed by atoms with E-state index in [4.69, 9.17) is 14.2 Å². The smallest absolute Gasteiger partial charge is 0.339 e. The predicted molar refractivity (Wildman–Crippen MR) is 89.9 cm³/mol. The first-order valence-electron chi connectivity index (χ1n) is 7.81. The van der Waals surface area contributed by atoms with Gasteiger partial charge in [0.15, 0.2) is 23.9 Å². The van der Waals surface area contributed by atoms with Gasteiger partial charge in [-0.3, -0.25) is 14.9 Å². The van der Waals surface area contributed by atoms with E-state index in [1.54, 1.807) is 12.1 Å². The molecule has 8 heteroatoms. The number of nitro benzene ring substituents is 1. The number of carbonyl (C=O) groups is 2. The molecule has 0 radical (unpaired) electrons. The summed E-state index contributed by atoms with van der Waals surface area (Å²) in [6, 6.07) is 8.82. The van der Waals surface area contributed by atoms with Crippen LogP contribution in [-0.4, -0.2) is 36.5 Å². The standard InChI is InChI=1S/C18H15NO7/c1-11-13(3-2-4-14(11)19(22)23)18(21)26-10-15(20)12-5-6-16-17(9-12)25-8-7-24-16/h2-6,9H,7-8,10H2,1H3. The van der Waals surface area contributed by atoms with Crippen LogP contribution in [0.25, 0.3) is 0 Å². The summed E-state index contributed by atoms with van der Waals surface area (Å²) < 4.78 is 15.8. The Kier molecular flexibility index (Phi) is 4.83. The zero-order chi connectivity index (χ0) is 18.7. The van der Waals surface area contributed by atoms with Gasteiger partial charge in [0.25, 0.3) is 5.69 Å². The summed E-state index contributed by atoms with van der Waals surface area (Å²) in [6.07, 6.45) is 0. The number of esters is 1. The van der Waals surface area contributed by atoms with Gasteiger partial charge in [-0.25, -0.2) is 4.79 Å². The molecule has 3 rings (SSSR count). The molecule has 2 aromatic carbocycles. The Labute approximate surface area is 148 Å². The fourth-order valence-corrected chi connectivity index (χ4v) is 2.55. The van der Waals surface area contributed by atoms with Crippen molar-refractivity contribution >= 4 is 17.4 Å². The number of hydrogen-bond acceptors (Lipinski definition) is 7. The highest BCUT2D eigenvalue weighted by Crippen LogP contribution is 2.31. The Balaban J connectivity index is 1.69. The van der Waals surface area contributed by atoms with Crippen molar-refractivity contribution in [1.29, 1.82) is 0 Å². The quantitative estimate of drug-likeness (QED) is 0.350. The van der Waals surface area contributed by atoms with Gasteiger partial charge in [0.1, 0.15) is 13.2 Å². The average Bonchev–Trinajstić information content (AvgIpc) is 2.65. The minimum atomic E-state index is -0.794. The Morgan fingerprint density at radius 1 is 1.15 bits per heavy atom. The molecule has 0 atom stereocenters. The molecule has 1 heterocycles. The summed E-state index contributed by atoms with van der Waals surface area (Å²) in [5.74, 6) is -0.199. The van der Waals surface area contributed by atoms with Crippen molar-refractivity contribution in [3.05, 3.63) is 63.2 Å². The first kappa shape index (κ1) is 17.4. The first-order valence-corrected chi connectivity index (χ1v) is 7.81. The van der Waals surface area contributed by atoms with E-state index in [2.05, 4.69) is 0 Å². The van der Waals surface area contributed by atoms with Gasteiger partial charge in [-0.2, -0.15) is 0 Å². The van der Waals surface area contributed by atoms with Crippen LogP contribution < -0.4 is 9.47 Å². The van der Waals surface area contributed by atoms with Crippen molar-refractivity contribution in [1.82, 2.24) is 0 Å². The van der Waals surface area contributed by atoms with Crippen molar-refractivity contribution in [2.75, 3.05) is 19.8 Å². The van der Waals surface area contributed by atoms with Gasteiger partial charge in [0.2, 0.25) is 0 Å². The van der Waals surface area contributed by atoms with Gasteiger partial charge in [-0.1, -0.05) is 6.07 Å². The topological polar surface area (TPSA) is 105 Å². The summed E-state index contributed by atoms with van der Waals surface area (Å²) in [4.78, 5) is 34.8. The van der Waals surface area contributed by atoms with Crippen LogP contribution in [0.1, 0.15) is 26.3 Å². The van der Waals surface area contributed by atoms with E-state index in [-0.39, 0.29) is 16.8 Å². The second-order valence-electron chi connectivity index (χ2n) is 5.56. The Morgan fingerprint density at radius 3 is 2.62 bits per heavy atom. The van der Waals surface area contributed by atoms with Crippen molar-refractivity contribution in [3.63, 3.8) is 0 Å². The van der Waals surface area contributed by atoms with Crippen LogP contribution in [0.3, 0.4) is 0 Å². The van der Waals surface area contributed by atoms with Gasteiger partial charge in [-0.05, 0) is 31.2 Å². The molecule has 0 fully saturated rings. The molecule has 0 aliphatic carbocycles. The van der Waals surface area contributed by atoms with E-state index in [1.165, 1.54) is 31.2 Å². The minimum Gasteiger partial charge on any atom is -0.486 e. The van der Waals surface area contributed by atoms with Gasteiger partial charge in [-0.15, -0.1) is 0 Å². The fourth-order valence-electron chi connectivity index (χ4n) is 2.55. The summed E-state index contributed by atoms with van der Waals surface area (Å²) in [5, 5.41) is 10.9. The molecule has 1 aliphatic heterocycles. The number of fused-ring (bicyclic) bond motifs is 1. The number of benzene rings is 2. The van der Waals surface area contributed by atoms with Gasteiger partial charge < -0.3 is 14.2 Å². The lowest BCUT2D eigenvalue weighted by Gasteiger charge is -2.18. The van der Waals surface area contributed by atoms with Crippen molar-refractivity contribution < 1.29 is 28.7 Å². The predicted octanol–water partition coefficient (Wildman–Crippen LogP) is 2.71. The number of nitro groups is 1. The Bertz CT molecular complexity index is 891. The Hall–Kier alpha value is -3.42. The molecule has 134 valence electrons. The molecule has 1 aliphatic rings. The van der Waals surface area contributed by atoms with E-state index < -0.39 is 23.3 Å². The number of hydrogen-bond donors (Lipinski definition) is 0. The first-order chi connectivity index (χ1) is 12.5. The molecule has 0 amide bonds. The van der Waals surface area contributed by atoms with E-state index >= 15 is 0 Å². The van der Waals surface area contributed by atoms with E-state index in [0.717, 1.165) is 0 Å². The normalized spacial score (nSPS) is 12.3. The zero-order valence-corrected chi connectivity index (χ0v) is 13.9. The zero-order valence-electron chi connectivity index (χ0n) is 13.9. The maximum Gasteiger partial charge on any atom is 0.339 e. The number of nitrogens with zero attached hydrogens (tertiary/aromatic N) is 1. The molecule has 0 spiro atoms. The van der Waals surface area contributed by atoms with E-state index in [1.807, 2.05) is 0 Å². The van der Waals surface area contributed by atoms with Crippen molar-refractivity contribution in [3.8, 4) is 11.5 Å². The number of Topliss-reactive ketones (excluding diaryl/α,β-unsaturated/α-hetero) is 1. The van der Waals surface area contributed by atoms with Crippen molar-refractivity contribution in [2.45, 2.75) is 6.92 Å². The summed E-state index contributed by atoms with van der Waals surface area (Å²) >= 11 is 0. The molecule has 26 heavy (non-hydrogen) atoms. The number of ketones is 1. The highest BCUT2D eigenvalue weighted by Gasteiger charge is 2.21. The summed E-state index contributed by atoms with van der Waals surface area (Å²) in [5.41, 5.74) is 0.374. The second kappa shape index (κ2) is 7.22. The lowest BCUT2D eigenvalue weighted by molar-refractivity contribution is -0.385. The van der Waals surface area contributed by atoms with Crippen LogP contribution in [0.5, 0.6) is 11.5 Å². The third-order valence-electron chi connectivity index (χ3n) is 3.92. The van der Waals surface area contributed by atoms with Crippen molar-refractivity contribution in [2.24, 2.45) is 0 Å². The third kappa shape index (κ3) is 3.49. The van der Waals surface area contributed by atoms with Crippen LogP contribution in [0, 0.1) is 17.0 Å². The lowest BCUT2D eigenvalue weighted by Crippen LogP contribution is -2.17. The monoisotopic (exact) mass is 357 g/mol. The summed E-state index contributed by atoms with van der Waals surface area (Å²) in [6.45, 7) is 1.81. The molecule has 0 saturated carbocycles. The Morgan fingerprint density at radius 2 is 1.88 bits per heavy atom. The number of rotatable bonds is 5. The number of carbonyl (C=O) groups excluding carboxylic acids is 2. The van der Waals surface area contributed by atoms with E-state index in [9.17, 15) is 19.7 Å². The third-order valence-corrected chi connectivity index (χ3v) is 3.92. The maximum absolute atomic E-state index is 12.2. The fraction of sp³-hybridized carbons (Fsp3) is 0.222. The highest BCUT2D eigenvalue weighted by atomic mass is 16.6. The molecule has 8 nitrogen and oxygen atoms in total. The highest BCUT2D eigenvalue weighted by molar-refractivity contribution is 6.00. The average molecular weight is 357 g/mol. The molecular weight excluding hydrogens is 342 g/mol. The van der Waals surface area contributed by atoms with E-state index in [0.29, 0.717) is 30.3 Å². The SMILES string of the molecule is Cc1c(C(=O)OCC(=O)c2ccc3c(c2)OCCO3)cccc1[N+](=O)[O-]. The molecule has 0 N–H and O–H groups in total. The van der Waals surface area contributed by atoms with Crippen LogP contribution in [0.2, 0.25) is 0 Å². The molecule has 2 aromatic rings. The van der Waals surface area contributed by atoms with Gasteiger partial charge in [0, 0.05) is 17.2 Å². The summed E-state index contributed by atoms with van der Waals surface area (Å²) in [7, 11) is 0. The second-order valence-corrected chi connectivity index (χ2v) is 5.56. The maximum atomic E-state index is 12.2. The molecule has 0 unspecified atom stereocenters. The van der Waals surface area contributed by atoms with Gasteiger partial charge >= 0.3 is 5.97 Å². The molecule has 0 aromatic heterocycles. The minimum absolute atomic E-state index is 0.0502. The van der Waals surface area contributed by atoms with Crippen LogP contribution >= 0.6 is 0 Å². The lowest BCUT2D eigenvalue weighted by atomic mass is 10.1. The molecule has 0 bridgehead atoms. The van der Waals surface area contributed by atoms with Crippen LogP contribution in [-0.2, 0) is 4.74 Å². The molecule has 0 saturated heterocycles. The molecular formula is C18H15NO7. The number of ether oxygens (including phenoxy) is 3. The van der Waals surface area contributed by atoms with Crippen LogP contribution in [0.4, 0.5) is 5.69 Å².